The Bertz CT molecular complexity index is 1580. The molecule has 1 heteroatoms. The first-order valence-electron chi connectivity index (χ1n) is 10.6. The van der Waals surface area contributed by atoms with Crippen LogP contribution in [0.15, 0.2) is 114 Å². The van der Waals surface area contributed by atoms with Crippen molar-refractivity contribution in [1.29, 1.82) is 0 Å². The van der Waals surface area contributed by atoms with Gasteiger partial charge in [-0.1, -0.05) is 97.1 Å². The van der Waals surface area contributed by atoms with Gasteiger partial charge < -0.3 is 4.42 Å². The zero-order chi connectivity index (χ0) is 20.4. The molecule has 7 aromatic rings. The van der Waals surface area contributed by atoms with Gasteiger partial charge in [0.1, 0.15) is 11.2 Å². The molecule has 1 aromatic heterocycles. The molecule has 0 aliphatic carbocycles. The van der Waals surface area contributed by atoms with Gasteiger partial charge in [-0.2, -0.15) is 0 Å². The molecule has 6 aromatic carbocycles. The van der Waals surface area contributed by atoms with E-state index in [-0.39, 0.29) is 0 Å². The Morgan fingerprint density at radius 3 is 1.23 bits per heavy atom. The lowest BCUT2D eigenvalue weighted by Crippen LogP contribution is -1.85. The van der Waals surface area contributed by atoms with E-state index in [9.17, 15) is 0 Å². The van der Waals surface area contributed by atoms with Crippen molar-refractivity contribution in [2.45, 2.75) is 0 Å². The molecule has 0 aliphatic heterocycles. The minimum absolute atomic E-state index is 0.970. The van der Waals surface area contributed by atoms with E-state index in [4.69, 9.17) is 4.42 Å². The molecular formula is C30H18O. The Morgan fingerprint density at radius 2 is 0.774 bits per heavy atom. The number of rotatable bonds is 2. The average Bonchev–Trinajstić information content (AvgIpc) is 3.25. The molecule has 0 spiro atoms. The van der Waals surface area contributed by atoms with E-state index in [1.807, 2.05) is 0 Å². The van der Waals surface area contributed by atoms with E-state index in [0.717, 1.165) is 22.3 Å². The van der Waals surface area contributed by atoms with Gasteiger partial charge in [0.25, 0.3) is 0 Å². The van der Waals surface area contributed by atoms with Crippen LogP contribution in [0.3, 0.4) is 0 Å². The van der Waals surface area contributed by atoms with Gasteiger partial charge in [-0.25, -0.2) is 0 Å². The third kappa shape index (κ3) is 2.26. The maximum atomic E-state index is 6.76. The van der Waals surface area contributed by atoms with E-state index in [1.54, 1.807) is 0 Å². The van der Waals surface area contributed by atoms with Crippen molar-refractivity contribution in [3.8, 4) is 22.3 Å². The number of furan rings is 1. The minimum Gasteiger partial charge on any atom is -0.455 e. The number of hydrogen-bond donors (Lipinski definition) is 0. The fourth-order valence-corrected chi connectivity index (χ4v) is 5.07. The van der Waals surface area contributed by atoms with Gasteiger partial charge in [0.2, 0.25) is 0 Å². The summed E-state index contributed by atoms with van der Waals surface area (Å²) >= 11 is 0. The summed E-state index contributed by atoms with van der Waals surface area (Å²) in [6, 6.07) is 38.7. The normalized spacial score (nSPS) is 11.9. The van der Waals surface area contributed by atoms with Crippen LogP contribution in [0.4, 0.5) is 0 Å². The molecule has 0 N–H and O–H groups in total. The summed E-state index contributed by atoms with van der Waals surface area (Å²) in [5.41, 5.74) is 6.57. The van der Waals surface area contributed by atoms with Crippen molar-refractivity contribution in [1.82, 2.24) is 0 Å². The van der Waals surface area contributed by atoms with Crippen molar-refractivity contribution < 1.29 is 4.42 Å². The van der Waals surface area contributed by atoms with E-state index in [1.165, 1.54) is 43.4 Å². The summed E-state index contributed by atoms with van der Waals surface area (Å²) in [7, 11) is 0. The third-order valence-electron chi connectivity index (χ3n) is 6.45. The number of fused-ring (bicyclic) bond motifs is 3. The highest BCUT2D eigenvalue weighted by Crippen LogP contribution is 2.47. The predicted octanol–water partition coefficient (Wildman–Crippen LogP) is 8.66. The molecule has 7 rings (SSSR count). The lowest BCUT2D eigenvalue weighted by molar-refractivity contribution is 0.671. The van der Waals surface area contributed by atoms with E-state index in [2.05, 4.69) is 109 Å². The van der Waals surface area contributed by atoms with Crippen LogP contribution in [0.25, 0.3) is 65.7 Å². The van der Waals surface area contributed by atoms with Crippen molar-refractivity contribution in [3.63, 3.8) is 0 Å². The van der Waals surface area contributed by atoms with Gasteiger partial charge in [0.05, 0.1) is 0 Å². The summed E-state index contributed by atoms with van der Waals surface area (Å²) in [6.45, 7) is 0. The van der Waals surface area contributed by atoms with Gasteiger partial charge in [-0.3, -0.25) is 0 Å². The number of hydrogen-bond acceptors (Lipinski definition) is 1. The van der Waals surface area contributed by atoms with Crippen LogP contribution in [-0.2, 0) is 0 Å². The van der Waals surface area contributed by atoms with Gasteiger partial charge in [0, 0.05) is 21.9 Å². The van der Waals surface area contributed by atoms with Crippen molar-refractivity contribution >= 4 is 43.5 Å². The summed E-state index contributed by atoms with van der Waals surface area (Å²) in [5, 5.41) is 7.50. The zero-order valence-corrected chi connectivity index (χ0v) is 16.8. The molecule has 0 aliphatic rings. The topological polar surface area (TPSA) is 13.1 Å². The second-order valence-corrected chi connectivity index (χ2v) is 8.11. The monoisotopic (exact) mass is 394 g/mol. The first-order chi connectivity index (χ1) is 15.4. The van der Waals surface area contributed by atoms with Crippen LogP contribution in [0.1, 0.15) is 0 Å². The smallest absolute Gasteiger partial charge is 0.143 e. The molecule has 0 saturated heterocycles. The molecule has 144 valence electrons. The second-order valence-electron chi connectivity index (χ2n) is 8.11. The quantitative estimate of drug-likeness (QED) is 0.267. The molecule has 0 bridgehead atoms. The molecule has 0 amide bonds. The second kappa shape index (κ2) is 6.20. The van der Waals surface area contributed by atoms with Crippen LogP contribution in [-0.4, -0.2) is 0 Å². The van der Waals surface area contributed by atoms with E-state index >= 15 is 0 Å². The van der Waals surface area contributed by atoms with E-state index < -0.39 is 0 Å². The van der Waals surface area contributed by atoms with Crippen LogP contribution in [0.2, 0.25) is 0 Å². The molecule has 31 heavy (non-hydrogen) atoms. The average molecular weight is 394 g/mol. The Kier molecular flexibility index (Phi) is 3.33. The van der Waals surface area contributed by atoms with Crippen LogP contribution in [0, 0.1) is 0 Å². The summed E-state index contributed by atoms with van der Waals surface area (Å²) < 4.78 is 6.76. The molecule has 0 fully saturated rings. The largest absolute Gasteiger partial charge is 0.455 e. The summed E-state index contributed by atoms with van der Waals surface area (Å²) in [5.74, 6) is 0. The highest BCUT2D eigenvalue weighted by atomic mass is 16.3. The number of benzene rings is 6. The predicted molar refractivity (Wildman–Crippen MR) is 131 cm³/mol. The molecule has 1 heterocycles. The molecule has 0 saturated carbocycles. The van der Waals surface area contributed by atoms with Gasteiger partial charge >= 0.3 is 0 Å². The van der Waals surface area contributed by atoms with Crippen molar-refractivity contribution in [2.75, 3.05) is 0 Å². The Morgan fingerprint density at radius 1 is 0.355 bits per heavy atom. The molecule has 1 nitrogen and oxygen atoms in total. The highest BCUT2D eigenvalue weighted by Gasteiger charge is 2.22. The Balaban J connectivity index is 1.73. The van der Waals surface area contributed by atoms with Crippen molar-refractivity contribution in [2.24, 2.45) is 0 Å². The van der Waals surface area contributed by atoms with Crippen LogP contribution in [0.5, 0.6) is 0 Å². The Hall–Kier alpha value is -4.10. The van der Waals surface area contributed by atoms with Crippen LogP contribution < -0.4 is 0 Å². The summed E-state index contributed by atoms with van der Waals surface area (Å²) in [4.78, 5) is 0. The highest BCUT2D eigenvalue weighted by molar-refractivity contribution is 6.35. The molecule has 0 radical (unpaired) electrons. The molecule has 0 unspecified atom stereocenters. The maximum absolute atomic E-state index is 6.76. The summed E-state index contributed by atoms with van der Waals surface area (Å²) in [6.07, 6.45) is 0. The van der Waals surface area contributed by atoms with Gasteiger partial charge in [-0.05, 0) is 44.8 Å². The first-order valence-corrected chi connectivity index (χ1v) is 10.6. The van der Waals surface area contributed by atoms with E-state index in [0.29, 0.717) is 0 Å². The van der Waals surface area contributed by atoms with Crippen molar-refractivity contribution in [3.05, 3.63) is 109 Å². The fourth-order valence-electron chi connectivity index (χ4n) is 5.07. The molecular weight excluding hydrogens is 376 g/mol. The fraction of sp³-hybridized carbons (Fsp3) is 0. The lowest BCUT2D eigenvalue weighted by Gasteiger charge is -2.10. The zero-order valence-electron chi connectivity index (χ0n) is 16.8. The van der Waals surface area contributed by atoms with Crippen LogP contribution >= 0.6 is 0 Å². The van der Waals surface area contributed by atoms with Gasteiger partial charge in [0.15, 0.2) is 0 Å². The lowest BCUT2D eigenvalue weighted by atomic mass is 9.90. The Labute approximate surface area is 179 Å². The molecule has 0 atom stereocenters. The third-order valence-corrected chi connectivity index (χ3v) is 6.45. The SMILES string of the molecule is c1ccc(-c2ccc3c4ccccc4c4ccc(-c5ccccc5)c5oc2c3c54)cc1. The minimum atomic E-state index is 0.970. The maximum Gasteiger partial charge on any atom is 0.143 e. The standard InChI is InChI=1S/C30H18O/c1-3-9-19(10-4-1)21-15-17-25-23-13-7-8-14-24(23)26-18-16-22(20-11-5-2-6-12-20)30-28(26)27(25)29(21)31-30/h1-18H. The first kappa shape index (κ1) is 16.7. The van der Waals surface area contributed by atoms with Gasteiger partial charge in [-0.15, -0.1) is 0 Å².